The highest BCUT2D eigenvalue weighted by Crippen LogP contribution is 2.38. The number of halogens is 5. The first-order chi connectivity index (χ1) is 15.9. The molecular weight excluding hydrogens is 435 g/mol. The molecule has 0 saturated heterocycles. The number of allylic oxidation sites excluding steroid dienone is 1. The van der Waals surface area contributed by atoms with Crippen LogP contribution in [-0.2, 0) is 12.8 Å². The highest BCUT2D eigenvalue weighted by atomic mass is 19.2. The van der Waals surface area contributed by atoms with E-state index in [4.69, 9.17) is 4.74 Å². The molecule has 0 aliphatic heterocycles. The van der Waals surface area contributed by atoms with Crippen LogP contribution in [0.15, 0.2) is 36.4 Å². The summed E-state index contributed by atoms with van der Waals surface area (Å²) in [5.41, 5.74) is 1.62. The fourth-order valence-electron chi connectivity index (χ4n) is 4.26. The third-order valence-corrected chi connectivity index (χ3v) is 6.12. The molecule has 0 fully saturated rings. The van der Waals surface area contributed by atoms with Gasteiger partial charge in [-0.05, 0) is 60.1 Å². The van der Waals surface area contributed by atoms with Gasteiger partial charge in [-0.15, -0.1) is 0 Å². The van der Waals surface area contributed by atoms with Gasteiger partial charge in [0.05, 0.1) is 7.11 Å². The van der Waals surface area contributed by atoms with Crippen LogP contribution in [0.5, 0.6) is 5.75 Å². The van der Waals surface area contributed by atoms with Crippen molar-refractivity contribution in [1.29, 1.82) is 0 Å². The van der Waals surface area contributed by atoms with Crippen molar-refractivity contribution >= 4 is 11.6 Å². The van der Waals surface area contributed by atoms with Crippen molar-refractivity contribution in [2.75, 3.05) is 7.11 Å². The lowest BCUT2D eigenvalue weighted by Crippen LogP contribution is -2.07. The van der Waals surface area contributed by atoms with Gasteiger partial charge in [0.15, 0.2) is 23.2 Å². The van der Waals surface area contributed by atoms with Gasteiger partial charge in [0.2, 0.25) is 5.82 Å². The second kappa shape index (κ2) is 9.38. The molecule has 3 aromatic rings. The smallest absolute Gasteiger partial charge is 0.201 e. The summed E-state index contributed by atoms with van der Waals surface area (Å²) >= 11 is 0. The molecule has 0 aromatic heterocycles. The predicted molar refractivity (Wildman–Crippen MR) is 119 cm³/mol. The van der Waals surface area contributed by atoms with Gasteiger partial charge < -0.3 is 4.74 Å². The van der Waals surface area contributed by atoms with Crippen LogP contribution in [-0.4, -0.2) is 7.11 Å². The number of methoxy groups -OCH3 is 1. The summed E-state index contributed by atoms with van der Waals surface area (Å²) in [6, 6.07) is 8.63. The van der Waals surface area contributed by atoms with E-state index in [9.17, 15) is 17.6 Å². The van der Waals surface area contributed by atoms with Crippen LogP contribution in [0, 0.1) is 29.1 Å². The van der Waals surface area contributed by atoms with Gasteiger partial charge in [0, 0.05) is 16.7 Å². The van der Waals surface area contributed by atoms with Crippen molar-refractivity contribution in [3.63, 3.8) is 0 Å². The summed E-state index contributed by atoms with van der Waals surface area (Å²) in [5.74, 6) is -5.04. The molecule has 6 heteroatoms. The molecular formula is C27H23F5O. The fourth-order valence-corrected chi connectivity index (χ4v) is 4.26. The van der Waals surface area contributed by atoms with Crippen LogP contribution in [0.3, 0.4) is 0 Å². The van der Waals surface area contributed by atoms with Gasteiger partial charge in [-0.2, -0.15) is 4.39 Å². The molecule has 0 heterocycles. The summed E-state index contributed by atoms with van der Waals surface area (Å²) in [4.78, 5) is 0. The maximum atomic E-state index is 15.3. The zero-order chi connectivity index (χ0) is 23.7. The van der Waals surface area contributed by atoms with Crippen molar-refractivity contribution in [2.45, 2.75) is 39.0 Å². The van der Waals surface area contributed by atoms with Crippen molar-refractivity contribution in [3.8, 4) is 16.9 Å². The average molecular weight is 458 g/mol. The Kier molecular flexibility index (Phi) is 6.54. The Hall–Kier alpha value is -3.15. The molecule has 1 aliphatic carbocycles. The van der Waals surface area contributed by atoms with E-state index in [0.717, 1.165) is 12.8 Å². The zero-order valence-electron chi connectivity index (χ0n) is 18.4. The Morgan fingerprint density at radius 3 is 2.12 bits per heavy atom. The summed E-state index contributed by atoms with van der Waals surface area (Å²) in [6.07, 6.45) is 4.26. The van der Waals surface area contributed by atoms with Crippen LogP contribution in [0.4, 0.5) is 22.0 Å². The lowest BCUT2D eigenvalue weighted by atomic mass is 9.86. The second-order valence-electron chi connectivity index (χ2n) is 8.11. The third kappa shape index (κ3) is 4.14. The molecule has 0 N–H and O–H groups in total. The lowest BCUT2D eigenvalue weighted by molar-refractivity contribution is 0.372. The quantitative estimate of drug-likeness (QED) is 0.341. The number of hydrogen-bond acceptors (Lipinski definition) is 1. The number of fused-ring (bicyclic) bond motifs is 1. The van der Waals surface area contributed by atoms with E-state index >= 15 is 4.39 Å². The molecule has 0 saturated carbocycles. The zero-order valence-corrected chi connectivity index (χ0v) is 18.4. The van der Waals surface area contributed by atoms with Gasteiger partial charge in [-0.25, -0.2) is 17.6 Å². The Labute approximate surface area is 189 Å². The van der Waals surface area contributed by atoms with E-state index in [-0.39, 0.29) is 35.3 Å². The monoisotopic (exact) mass is 458 g/mol. The molecule has 0 atom stereocenters. The SMILES string of the molecule is CCCCc1ccc(C2=Cc3ccc(-c4ccc(OC)c(F)c4F)c(F)c3CC2)c(F)c1F. The number of aryl methyl sites for hydroxylation is 1. The summed E-state index contributed by atoms with van der Waals surface area (Å²) < 4.78 is 78.0. The van der Waals surface area contributed by atoms with E-state index in [0.29, 0.717) is 28.7 Å². The van der Waals surface area contributed by atoms with Crippen molar-refractivity contribution < 1.29 is 26.7 Å². The molecule has 0 unspecified atom stereocenters. The average Bonchev–Trinajstić information content (AvgIpc) is 2.82. The molecule has 0 radical (unpaired) electrons. The number of ether oxygens (including phenoxy) is 1. The molecule has 0 spiro atoms. The van der Waals surface area contributed by atoms with Crippen LogP contribution in [0.1, 0.15) is 48.4 Å². The van der Waals surface area contributed by atoms with E-state index in [1.165, 1.54) is 25.3 Å². The highest BCUT2D eigenvalue weighted by Gasteiger charge is 2.24. The van der Waals surface area contributed by atoms with Crippen LogP contribution in [0.25, 0.3) is 22.8 Å². The molecule has 3 aromatic carbocycles. The summed E-state index contributed by atoms with van der Waals surface area (Å²) in [5, 5.41) is 0. The summed E-state index contributed by atoms with van der Waals surface area (Å²) in [7, 11) is 1.22. The third-order valence-electron chi connectivity index (χ3n) is 6.12. The molecule has 33 heavy (non-hydrogen) atoms. The number of rotatable bonds is 6. The van der Waals surface area contributed by atoms with Crippen molar-refractivity contribution in [2.24, 2.45) is 0 Å². The molecule has 172 valence electrons. The van der Waals surface area contributed by atoms with Gasteiger partial charge in [-0.1, -0.05) is 43.7 Å². The van der Waals surface area contributed by atoms with E-state index in [1.54, 1.807) is 24.3 Å². The maximum absolute atomic E-state index is 15.3. The summed E-state index contributed by atoms with van der Waals surface area (Å²) in [6.45, 7) is 1.98. The fraction of sp³-hybridized carbons (Fsp3) is 0.259. The number of unbranched alkanes of at least 4 members (excludes halogenated alkanes) is 1. The van der Waals surface area contributed by atoms with Crippen LogP contribution >= 0.6 is 0 Å². The van der Waals surface area contributed by atoms with E-state index in [2.05, 4.69) is 0 Å². The second-order valence-corrected chi connectivity index (χ2v) is 8.11. The van der Waals surface area contributed by atoms with E-state index < -0.39 is 29.1 Å². The van der Waals surface area contributed by atoms with Crippen LogP contribution in [0.2, 0.25) is 0 Å². The van der Waals surface area contributed by atoms with E-state index in [1.807, 2.05) is 6.92 Å². The molecule has 4 rings (SSSR count). The van der Waals surface area contributed by atoms with Crippen molar-refractivity contribution in [1.82, 2.24) is 0 Å². The number of benzene rings is 3. The first-order valence-corrected chi connectivity index (χ1v) is 10.9. The highest BCUT2D eigenvalue weighted by molar-refractivity contribution is 5.86. The largest absolute Gasteiger partial charge is 0.494 e. The minimum absolute atomic E-state index is 0.0674. The molecule has 1 nitrogen and oxygen atoms in total. The normalized spacial score (nSPS) is 13.0. The Bertz CT molecular complexity index is 1250. The Morgan fingerprint density at radius 2 is 1.39 bits per heavy atom. The first-order valence-electron chi connectivity index (χ1n) is 10.9. The predicted octanol–water partition coefficient (Wildman–Crippen LogP) is 7.89. The standard InChI is InChI=1S/C27H23F5O/c1-3-4-5-15-6-9-19(25(30)23(15)28)17-7-10-18-16(14-17)8-11-20(24(18)29)21-12-13-22(33-2)27(32)26(21)31/h6,8-9,11-14H,3-5,7,10H2,1-2H3. The minimum atomic E-state index is -1.19. The van der Waals surface area contributed by atoms with Gasteiger partial charge in [0.25, 0.3) is 0 Å². The van der Waals surface area contributed by atoms with Gasteiger partial charge in [0.1, 0.15) is 5.82 Å². The maximum Gasteiger partial charge on any atom is 0.201 e. The van der Waals surface area contributed by atoms with Gasteiger partial charge >= 0.3 is 0 Å². The Morgan fingerprint density at radius 1 is 0.727 bits per heavy atom. The topological polar surface area (TPSA) is 9.23 Å². The van der Waals surface area contributed by atoms with Crippen LogP contribution < -0.4 is 4.74 Å². The lowest BCUT2D eigenvalue weighted by Gasteiger charge is -2.20. The molecule has 0 bridgehead atoms. The molecule has 0 amide bonds. The van der Waals surface area contributed by atoms with Gasteiger partial charge in [-0.3, -0.25) is 0 Å². The number of hydrogen-bond donors (Lipinski definition) is 0. The minimum Gasteiger partial charge on any atom is -0.494 e. The Balaban J connectivity index is 1.72. The van der Waals surface area contributed by atoms with Crippen molar-refractivity contribution in [3.05, 3.63) is 87.7 Å². The first kappa shape index (κ1) is 23.0. The molecule has 1 aliphatic rings.